The number of amides is 2. The lowest BCUT2D eigenvalue weighted by atomic mass is 9.98. The molecule has 0 unspecified atom stereocenters. The smallest absolute Gasteiger partial charge is 0.407 e. The van der Waals surface area contributed by atoms with E-state index in [1.807, 2.05) is 24.3 Å². The third kappa shape index (κ3) is 6.57. The Labute approximate surface area is 194 Å². The van der Waals surface area contributed by atoms with Gasteiger partial charge in [0.1, 0.15) is 12.6 Å². The van der Waals surface area contributed by atoms with E-state index in [0.29, 0.717) is 32.4 Å². The van der Waals surface area contributed by atoms with Crippen LogP contribution in [0.25, 0.3) is 11.1 Å². The van der Waals surface area contributed by atoms with Crippen molar-refractivity contribution in [2.45, 2.75) is 57.4 Å². The Morgan fingerprint density at radius 2 is 1.55 bits per heavy atom. The zero-order chi connectivity index (χ0) is 23.6. The third-order valence-corrected chi connectivity index (χ3v) is 5.99. The molecule has 0 spiro atoms. The number of nitrogens with one attached hydrogen (secondary N) is 2. The molecule has 7 nitrogen and oxygen atoms in total. The van der Waals surface area contributed by atoms with E-state index in [0.717, 1.165) is 19.3 Å². The van der Waals surface area contributed by atoms with Crippen molar-refractivity contribution >= 4 is 18.0 Å². The number of fused-ring (bicyclic) bond motifs is 3. The number of hydrogen-bond donors (Lipinski definition) is 3. The van der Waals surface area contributed by atoms with Crippen LogP contribution in [0.5, 0.6) is 0 Å². The first-order valence-electron chi connectivity index (χ1n) is 11.6. The topological polar surface area (TPSA) is 105 Å². The molecule has 0 heterocycles. The maximum Gasteiger partial charge on any atom is 0.407 e. The lowest BCUT2D eigenvalue weighted by Gasteiger charge is -2.14. The van der Waals surface area contributed by atoms with E-state index in [9.17, 15) is 14.4 Å². The van der Waals surface area contributed by atoms with Gasteiger partial charge in [-0.25, -0.2) is 9.59 Å². The van der Waals surface area contributed by atoms with Crippen LogP contribution in [0.2, 0.25) is 0 Å². The van der Waals surface area contributed by atoms with Gasteiger partial charge in [-0.05, 0) is 41.5 Å². The molecule has 2 amide bonds. The highest BCUT2D eigenvalue weighted by atomic mass is 16.5. The lowest BCUT2D eigenvalue weighted by molar-refractivity contribution is -0.141. The molecule has 0 saturated carbocycles. The lowest BCUT2D eigenvalue weighted by Crippen LogP contribution is -2.40. The van der Waals surface area contributed by atoms with Crippen molar-refractivity contribution in [2.24, 2.45) is 0 Å². The van der Waals surface area contributed by atoms with Gasteiger partial charge in [-0.2, -0.15) is 0 Å². The number of benzene rings is 2. The number of carboxylic acid groups (broad SMARTS) is 1. The van der Waals surface area contributed by atoms with Gasteiger partial charge in [-0.15, -0.1) is 0 Å². The van der Waals surface area contributed by atoms with Gasteiger partial charge in [-0.1, -0.05) is 68.3 Å². The summed E-state index contributed by atoms with van der Waals surface area (Å²) in [6, 6.07) is 15.6. The Morgan fingerprint density at radius 3 is 2.15 bits per heavy atom. The fourth-order valence-electron chi connectivity index (χ4n) is 4.21. The van der Waals surface area contributed by atoms with E-state index in [2.05, 4.69) is 34.9 Å². The Morgan fingerprint density at radius 1 is 0.939 bits per heavy atom. The predicted octanol–water partition coefficient (Wildman–Crippen LogP) is 4.46. The predicted molar refractivity (Wildman–Crippen MR) is 126 cm³/mol. The minimum absolute atomic E-state index is 0.0442. The van der Waals surface area contributed by atoms with E-state index in [-0.39, 0.29) is 11.8 Å². The molecule has 0 bridgehead atoms. The summed E-state index contributed by atoms with van der Waals surface area (Å²) in [4.78, 5) is 34.9. The van der Waals surface area contributed by atoms with E-state index in [1.165, 1.54) is 22.3 Å². The number of unbranched alkanes of at least 4 members (excludes halogenated alkanes) is 3. The SMILES string of the molecule is CC[C@H](NC(=O)CCCCCCNC(=O)OCC1c2ccccc2-c2ccccc21)C(=O)O. The van der Waals surface area contributed by atoms with E-state index in [1.54, 1.807) is 6.92 Å². The number of carbonyl (C=O) groups excluding carboxylic acids is 2. The van der Waals surface area contributed by atoms with Crippen molar-refractivity contribution in [1.82, 2.24) is 10.6 Å². The average Bonchev–Trinajstić information content (AvgIpc) is 3.14. The van der Waals surface area contributed by atoms with Crippen molar-refractivity contribution < 1.29 is 24.2 Å². The van der Waals surface area contributed by atoms with Gasteiger partial charge < -0.3 is 20.5 Å². The Balaban J connectivity index is 1.31. The van der Waals surface area contributed by atoms with Gasteiger partial charge in [0, 0.05) is 18.9 Å². The van der Waals surface area contributed by atoms with Gasteiger partial charge in [0.15, 0.2) is 0 Å². The number of aliphatic carboxylic acids is 1. The number of rotatable bonds is 12. The zero-order valence-electron chi connectivity index (χ0n) is 19.0. The second-order valence-electron chi connectivity index (χ2n) is 8.28. The van der Waals surface area contributed by atoms with Crippen LogP contribution in [0.4, 0.5) is 4.79 Å². The minimum atomic E-state index is -1.01. The molecule has 7 heteroatoms. The fraction of sp³-hybridized carbons (Fsp3) is 0.423. The molecule has 2 aromatic carbocycles. The molecule has 0 saturated heterocycles. The van der Waals surface area contributed by atoms with Crippen LogP contribution in [-0.4, -0.2) is 42.3 Å². The van der Waals surface area contributed by atoms with Crippen molar-refractivity contribution in [3.63, 3.8) is 0 Å². The van der Waals surface area contributed by atoms with Crippen LogP contribution in [0.15, 0.2) is 48.5 Å². The second kappa shape index (κ2) is 12.0. The van der Waals surface area contributed by atoms with Gasteiger partial charge >= 0.3 is 12.1 Å². The number of hydrogen-bond acceptors (Lipinski definition) is 4. The summed E-state index contributed by atoms with van der Waals surface area (Å²) in [5.41, 5.74) is 4.77. The quantitative estimate of drug-likeness (QED) is 0.413. The molecule has 176 valence electrons. The molecule has 33 heavy (non-hydrogen) atoms. The van der Waals surface area contributed by atoms with Crippen LogP contribution < -0.4 is 10.6 Å². The van der Waals surface area contributed by atoms with Crippen molar-refractivity contribution in [3.05, 3.63) is 59.7 Å². The molecule has 0 radical (unpaired) electrons. The number of alkyl carbamates (subject to hydrolysis) is 1. The Hall–Kier alpha value is -3.35. The number of ether oxygens (including phenoxy) is 1. The summed E-state index contributed by atoms with van der Waals surface area (Å²) in [6.45, 7) is 2.53. The summed E-state index contributed by atoms with van der Waals surface area (Å²) in [5, 5.41) is 14.3. The maximum absolute atomic E-state index is 12.2. The molecule has 1 aliphatic carbocycles. The van der Waals surface area contributed by atoms with Gasteiger partial charge in [-0.3, -0.25) is 4.79 Å². The number of carboxylic acids is 1. The molecular formula is C26H32N2O5. The van der Waals surface area contributed by atoms with E-state index in [4.69, 9.17) is 9.84 Å². The fourth-order valence-corrected chi connectivity index (χ4v) is 4.21. The van der Waals surface area contributed by atoms with Crippen molar-refractivity contribution in [1.29, 1.82) is 0 Å². The van der Waals surface area contributed by atoms with Gasteiger partial charge in [0.2, 0.25) is 5.91 Å². The standard InChI is InChI=1S/C26H32N2O5/c1-2-23(25(30)31)28-24(29)15-5-3-4-10-16-27-26(32)33-17-22-20-13-8-6-11-18(20)19-12-7-9-14-21(19)22/h6-9,11-14,22-23H,2-5,10,15-17H2,1H3,(H,27,32)(H,28,29)(H,30,31)/t23-/m0/s1. The van der Waals surface area contributed by atoms with Crippen LogP contribution in [0, 0.1) is 0 Å². The monoisotopic (exact) mass is 452 g/mol. The molecule has 0 fully saturated rings. The molecule has 3 rings (SSSR count). The second-order valence-corrected chi connectivity index (χ2v) is 8.28. The van der Waals surface area contributed by atoms with Crippen molar-refractivity contribution in [2.75, 3.05) is 13.2 Å². The largest absolute Gasteiger partial charge is 0.480 e. The Kier molecular flexibility index (Phi) is 8.87. The van der Waals surface area contributed by atoms with E-state index >= 15 is 0 Å². The van der Waals surface area contributed by atoms with Crippen LogP contribution in [0.3, 0.4) is 0 Å². The van der Waals surface area contributed by atoms with E-state index < -0.39 is 18.1 Å². The molecule has 0 aliphatic heterocycles. The van der Waals surface area contributed by atoms with Crippen LogP contribution in [-0.2, 0) is 14.3 Å². The van der Waals surface area contributed by atoms with Crippen LogP contribution >= 0.6 is 0 Å². The normalized spacial score (nSPS) is 13.0. The first-order valence-corrected chi connectivity index (χ1v) is 11.6. The maximum atomic E-state index is 12.2. The van der Waals surface area contributed by atoms with Crippen molar-refractivity contribution in [3.8, 4) is 11.1 Å². The summed E-state index contributed by atoms with van der Waals surface area (Å²) >= 11 is 0. The highest BCUT2D eigenvalue weighted by molar-refractivity contribution is 5.83. The summed E-state index contributed by atoms with van der Waals surface area (Å²) in [5.74, 6) is -1.20. The summed E-state index contributed by atoms with van der Waals surface area (Å²) in [6.07, 6.45) is 3.43. The third-order valence-electron chi connectivity index (χ3n) is 5.99. The molecule has 2 aromatic rings. The summed E-state index contributed by atoms with van der Waals surface area (Å²) < 4.78 is 5.51. The highest BCUT2D eigenvalue weighted by Crippen LogP contribution is 2.44. The molecule has 1 atom stereocenters. The van der Waals surface area contributed by atoms with Crippen LogP contribution in [0.1, 0.15) is 62.5 Å². The molecule has 0 aromatic heterocycles. The van der Waals surface area contributed by atoms with Gasteiger partial charge in [0.05, 0.1) is 0 Å². The first-order chi connectivity index (χ1) is 16.0. The average molecular weight is 453 g/mol. The molecule has 3 N–H and O–H groups in total. The molecule has 1 aliphatic rings. The molecular weight excluding hydrogens is 420 g/mol. The first kappa shape index (κ1) is 24.3. The number of carbonyl (C=O) groups is 3. The minimum Gasteiger partial charge on any atom is -0.480 e. The Bertz CT molecular complexity index is 929. The highest BCUT2D eigenvalue weighted by Gasteiger charge is 2.28. The zero-order valence-corrected chi connectivity index (χ0v) is 19.0. The van der Waals surface area contributed by atoms with Gasteiger partial charge in [0.25, 0.3) is 0 Å². The summed E-state index contributed by atoms with van der Waals surface area (Å²) in [7, 11) is 0.